The lowest BCUT2D eigenvalue weighted by Gasteiger charge is -2.13. The van der Waals surface area contributed by atoms with Gasteiger partial charge in [-0.2, -0.15) is 0 Å². The number of sulfonamides is 1. The molecule has 0 saturated carbocycles. The fraction of sp³-hybridized carbons (Fsp3) is 0.455. The van der Waals surface area contributed by atoms with Crippen molar-refractivity contribution in [3.8, 4) is 5.75 Å². The molecule has 19 heavy (non-hydrogen) atoms. The Hall–Kier alpha value is -1.41. The van der Waals surface area contributed by atoms with Crippen LogP contribution in [0.2, 0.25) is 0 Å². The molecule has 0 aliphatic carbocycles. The van der Waals surface area contributed by atoms with Crippen LogP contribution in [0.15, 0.2) is 12.1 Å². The molecule has 1 aliphatic heterocycles. The molecule has 0 amide bonds. The van der Waals surface area contributed by atoms with Gasteiger partial charge in [-0.3, -0.25) is 4.72 Å². The molecule has 2 N–H and O–H groups in total. The maximum absolute atomic E-state index is 13.1. The van der Waals surface area contributed by atoms with E-state index >= 15 is 0 Å². The van der Waals surface area contributed by atoms with Crippen molar-refractivity contribution in [2.75, 3.05) is 17.1 Å². The number of phenolic OH excluding ortho intramolecular Hbond substituents is 1. The summed E-state index contributed by atoms with van der Waals surface area (Å²) in [5.41, 5.74) is -0.518. The monoisotopic (exact) mass is 293 g/mol. The van der Waals surface area contributed by atoms with Crippen molar-refractivity contribution in [2.24, 2.45) is 0 Å². The van der Waals surface area contributed by atoms with Gasteiger partial charge in [-0.1, -0.05) is 0 Å². The standard InChI is InChI=1S/C11H13F2NO4S/c12-7-4-9(13)11(15)10(5-7)14-19(16,17)6-8-2-1-3-18-8/h4-5,8,14-15H,1-3,6H2. The average molecular weight is 293 g/mol. The van der Waals surface area contributed by atoms with Gasteiger partial charge in [-0.05, 0) is 12.8 Å². The number of aromatic hydroxyl groups is 1. The molecule has 1 aromatic carbocycles. The lowest BCUT2D eigenvalue weighted by molar-refractivity contribution is 0.127. The summed E-state index contributed by atoms with van der Waals surface area (Å²) >= 11 is 0. The van der Waals surface area contributed by atoms with E-state index < -0.39 is 39.2 Å². The number of phenols is 1. The van der Waals surface area contributed by atoms with Crippen molar-refractivity contribution in [3.05, 3.63) is 23.8 Å². The third-order valence-electron chi connectivity index (χ3n) is 2.72. The van der Waals surface area contributed by atoms with Gasteiger partial charge in [-0.25, -0.2) is 17.2 Å². The first-order valence-corrected chi connectivity index (χ1v) is 7.33. The summed E-state index contributed by atoms with van der Waals surface area (Å²) in [7, 11) is -3.84. The van der Waals surface area contributed by atoms with Gasteiger partial charge >= 0.3 is 0 Å². The van der Waals surface area contributed by atoms with Crippen molar-refractivity contribution in [1.29, 1.82) is 0 Å². The number of hydrogen-bond donors (Lipinski definition) is 2. The highest BCUT2D eigenvalue weighted by Gasteiger charge is 2.24. The summed E-state index contributed by atoms with van der Waals surface area (Å²) in [5.74, 6) is -3.46. The van der Waals surface area contributed by atoms with Gasteiger partial charge in [0.15, 0.2) is 11.6 Å². The highest BCUT2D eigenvalue weighted by molar-refractivity contribution is 7.92. The molecule has 0 bridgehead atoms. The highest BCUT2D eigenvalue weighted by Crippen LogP contribution is 2.29. The normalized spacial score (nSPS) is 19.6. The van der Waals surface area contributed by atoms with E-state index in [1.54, 1.807) is 0 Å². The Morgan fingerprint density at radius 2 is 2.16 bits per heavy atom. The van der Waals surface area contributed by atoms with E-state index in [0.717, 1.165) is 6.42 Å². The molecule has 2 rings (SSSR count). The maximum atomic E-state index is 13.1. The molecule has 1 atom stereocenters. The molecular weight excluding hydrogens is 280 g/mol. The Balaban J connectivity index is 2.15. The van der Waals surface area contributed by atoms with E-state index in [2.05, 4.69) is 0 Å². The van der Waals surface area contributed by atoms with Gasteiger partial charge in [0, 0.05) is 18.7 Å². The topological polar surface area (TPSA) is 75.6 Å². The van der Waals surface area contributed by atoms with E-state index in [9.17, 15) is 22.3 Å². The second kappa shape index (κ2) is 5.30. The smallest absolute Gasteiger partial charge is 0.235 e. The van der Waals surface area contributed by atoms with Crippen LogP contribution in [-0.2, 0) is 14.8 Å². The second-order valence-electron chi connectivity index (χ2n) is 4.30. The van der Waals surface area contributed by atoms with E-state index in [1.165, 1.54) is 0 Å². The first-order valence-electron chi connectivity index (χ1n) is 5.67. The first kappa shape index (κ1) is 14.0. The summed E-state index contributed by atoms with van der Waals surface area (Å²) in [6, 6.07) is 1.18. The van der Waals surface area contributed by atoms with Crippen LogP contribution in [-0.4, -0.2) is 32.0 Å². The Morgan fingerprint density at radius 1 is 1.42 bits per heavy atom. The first-order chi connectivity index (χ1) is 8.87. The number of halogens is 2. The molecule has 1 heterocycles. The molecule has 1 fully saturated rings. The Morgan fingerprint density at radius 3 is 2.79 bits per heavy atom. The number of nitrogens with one attached hydrogen (secondary N) is 1. The number of hydrogen-bond acceptors (Lipinski definition) is 4. The summed E-state index contributed by atoms with van der Waals surface area (Å²) in [5, 5.41) is 9.35. The molecule has 106 valence electrons. The average Bonchev–Trinajstić information content (AvgIpc) is 2.76. The Labute approximate surface area is 109 Å². The number of rotatable bonds is 4. The van der Waals surface area contributed by atoms with Crippen LogP contribution in [0.25, 0.3) is 0 Å². The van der Waals surface area contributed by atoms with Gasteiger partial charge in [0.25, 0.3) is 0 Å². The van der Waals surface area contributed by atoms with Crippen LogP contribution in [0, 0.1) is 11.6 Å². The van der Waals surface area contributed by atoms with Crippen LogP contribution in [0.3, 0.4) is 0 Å². The zero-order valence-corrected chi connectivity index (χ0v) is 10.7. The van der Waals surface area contributed by atoms with Gasteiger partial charge < -0.3 is 9.84 Å². The minimum atomic E-state index is -3.84. The van der Waals surface area contributed by atoms with Crippen molar-refractivity contribution in [3.63, 3.8) is 0 Å². The van der Waals surface area contributed by atoms with Gasteiger partial charge in [-0.15, -0.1) is 0 Å². The molecular formula is C11H13F2NO4S. The van der Waals surface area contributed by atoms with Crippen LogP contribution >= 0.6 is 0 Å². The SMILES string of the molecule is O=S(=O)(CC1CCCO1)Nc1cc(F)cc(F)c1O. The molecule has 8 heteroatoms. The fourth-order valence-corrected chi connectivity index (χ4v) is 3.20. The van der Waals surface area contributed by atoms with E-state index in [1.807, 2.05) is 4.72 Å². The highest BCUT2D eigenvalue weighted by atomic mass is 32.2. The number of benzene rings is 1. The van der Waals surface area contributed by atoms with Crippen molar-refractivity contribution in [2.45, 2.75) is 18.9 Å². The predicted octanol–water partition coefficient (Wildman–Crippen LogP) is 1.59. The van der Waals surface area contributed by atoms with Gasteiger partial charge in [0.05, 0.1) is 17.5 Å². The molecule has 1 unspecified atom stereocenters. The predicted molar refractivity (Wildman–Crippen MR) is 64.4 cm³/mol. The van der Waals surface area contributed by atoms with E-state index in [4.69, 9.17) is 4.74 Å². The lowest BCUT2D eigenvalue weighted by atomic mass is 10.3. The third kappa shape index (κ3) is 3.54. The molecule has 5 nitrogen and oxygen atoms in total. The minimum absolute atomic E-state index is 0.315. The van der Waals surface area contributed by atoms with E-state index in [-0.39, 0.29) is 5.75 Å². The zero-order valence-electron chi connectivity index (χ0n) is 9.90. The van der Waals surface area contributed by atoms with Crippen LogP contribution < -0.4 is 4.72 Å². The fourth-order valence-electron chi connectivity index (χ4n) is 1.87. The molecule has 0 spiro atoms. The molecule has 0 radical (unpaired) electrons. The minimum Gasteiger partial charge on any atom is -0.503 e. The molecule has 1 aliphatic rings. The van der Waals surface area contributed by atoms with Crippen molar-refractivity contribution >= 4 is 15.7 Å². The van der Waals surface area contributed by atoms with Crippen LogP contribution in [0.5, 0.6) is 5.75 Å². The Kier molecular flexibility index (Phi) is 3.91. The summed E-state index contributed by atoms with van der Waals surface area (Å²) < 4.78 is 56.7. The number of ether oxygens (including phenoxy) is 1. The van der Waals surface area contributed by atoms with E-state index in [0.29, 0.717) is 25.2 Å². The van der Waals surface area contributed by atoms with Gasteiger partial charge in [0.1, 0.15) is 5.82 Å². The van der Waals surface area contributed by atoms with Crippen LogP contribution in [0.1, 0.15) is 12.8 Å². The molecule has 1 saturated heterocycles. The third-order valence-corrected chi connectivity index (χ3v) is 4.06. The molecule has 0 aromatic heterocycles. The summed E-state index contributed by atoms with van der Waals surface area (Å²) in [4.78, 5) is 0. The second-order valence-corrected chi connectivity index (χ2v) is 6.07. The largest absolute Gasteiger partial charge is 0.503 e. The molecule has 1 aromatic rings. The zero-order chi connectivity index (χ0) is 14.0. The van der Waals surface area contributed by atoms with Crippen LogP contribution in [0.4, 0.5) is 14.5 Å². The quantitative estimate of drug-likeness (QED) is 0.827. The lowest BCUT2D eigenvalue weighted by Crippen LogP contribution is -2.25. The van der Waals surface area contributed by atoms with Gasteiger partial charge in [0.2, 0.25) is 10.0 Å². The maximum Gasteiger partial charge on any atom is 0.235 e. The summed E-state index contributed by atoms with van der Waals surface area (Å²) in [6.45, 7) is 0.500. The summed E-state index contributed by atoms with van der Waals surface area (Å²) in [6.07, 6.45) is 0.961. The Bertz CT molecular complexity index is 570. The van der Waals surface area contributed by atoms with Crippen molar-refractivity contribution in [1.82, 2.24) is 0 Å². The van der Waals surface area contributed by atoms with Crippen molar-refractivity contribution < 1.29 is 27.0 Å². The number of anilines is 1.